The molecule has 1 amide bonds. The van der Waals surface area contributed by atoms with Gasteiger partial charge in [0.1, 0.15) is 0 Å². The molecule has 1 aromatic carbocycles. The number of hydrogen-bond acceptors (Lipinski definition) is 3. The highest BCUT2D eigenvalue weighted by molar-refractivity contribution is 7.89. The maximum Gasteiger partial charge on any atom is 0.275 e. The molecule has 0 aliphatic carbocycles. The van der Waals surface area contributed by atoms with E-state index in [0.29, 0.717) is 31.1 Å². The van der Waals surface area contributed by atoms with E-state index in [1.165, 1.54) is 4.31 Å². The lowest BCUT2D eigenvalue weighted by molar-refractivity contribution is -0.917. The van der Waals surface area contributed by atoms with Crippen molar-refractivity contribution in [1.82, 2.24) is 4.31 Å². The molecule has 0 bridgehead atoms. The summed E-state index contributed by atoms with van der Waals surface area (Å²) < 4.78 is 27.1. The summed E-state index contributed by atoms with van der Waals surface area (Å²) in [7, 11) is -3.48. The Balaban J connectivity index is 2.16. The van der Waals surface area contributed by atoms with E-state index < -0.39 is 10.0 Å². The van der Waals surface area contributed by atoms with Crippen molar-refractivity contribution in [2.75, 3.05) is 26.2 Å². The minimum atomic E-state index is -3.48. The first-order valence-corrected chi connectivity index (χ1v) is 8.89. The van der Waals surface area contributed by atoms with Crippen LogP contribution in [0.1, 0.15) is 18.1 Å². The number of carbonyl (C=O) groups excluding carboxylic acids is 1. The molecule has 3 N–H and O–H groups in total. The van der Waals surface area contributed by atoms with Gasteiger partial charge >= 0.3 is 0 Å². The van der Waals surface area contributed by atoms with Crippen molar-refractivity contribution in [2.45, 2.75) is 31.7 Å². The molecule has 122 valence electrons. The fourth-order valence-corrected chi connectivity index (χ4v) is 4.52. The SMILES string of the molecule is Cc1ccc(C)c(S(=O)(=O)N2CC[NH+]([C@@H](C)C(N)=O)CC2)c1. The predicted octanol–water partition coefficient (Wildman–Crippen LogP) is -0.934. The van der Waals surface area contributed by atoms with Crippen LogP contribution in [0.2, 0.25) is 0 Å². The van der Waals surface area contributed by atoms with Gasteiger partial charge in [-0.2, -0.15) is 4.31 Å². The molecule has 0 unspecified atom stereocenters. The normalized spacial score (nSPS) is 19.0. The van der Waals surface area contributed by atoms with Gasteiger partial charge in [-0.25, -0.2) is 8.42 Å². The second kappa shape index (κ2) is 6.36. The van der Waals surface area contributed by atoms with Crippen LogP contribution in [0.15, 0.2) is 23.1 Å². The third kappa shape index (κ3) is 3.31. The highest BCUT2D eigenvalue weighted by Crippen LogP contribution is 2.21. The fraction of sp³-hybridized carbons (Fsp3) is 0.533. The molecule has 1 fully saturated rings. The van der Waals surface area contributed by atoms with Crippen molar-refractivity contribution >= 4 is 15.9 Å². The van der Waals surface area contributed by atoms with E-state index in [0.717, 1.165) is 16.0 Å². The monoisotopic (exact) mass is 326 g/mol. The van der Waals surface area contributed by atoms with Crippen LogP contribution in [-0.2, 0) is 14.8 Å². The van der Waals surface area contributed by atoms with Gasteiger partial charge in [0.2, 0.25) is 10.0 Å². The van der Waals surface area contributed by atoms with E-state index in [1.807, 2.05) is 26.0 Å². The van der Waals surface area contributed by atoms with Gasteiger partial charge in [0, 0.05) is 0 Å². The zero-order valence-electron chi connectivity index (χ0n) is 13.3. The van der Waals surface area contributed by atoms with Gasteiger partial charge in [-0.1, -0.05) is 12.1 Å². The van der Waals surface area contributed by atoms with Gasteiger partial charge in [0.25, 0.3) is 5.91 Å². The molecule has 7 heteroatoms. The van der Waals surface area contributed by atoms with Crippen LogP contribution in [-0.4, -0.2) is 50.9 Å². The lowest BCUT2D eigenvalue weighted by Gasteiger charge is -2.33. The average molecular weight is 326 g/mol. The first kappa shape index (κ1) is 16.9. The Morgan fingerprint density at radius 2 is 1.86 bits per heavy atom. The first-order valence-electron chi connectivity index (χ1n) is 7.45. The van der Waals surface area contributed by atoms with Crippen molar-refractivity contribution in [3.8, 4) is 0 Å². The van der Waals surface area contributed by atoms with E-state index in [9.17, 15) is 13.2 Å². The third-order valence-electron chi connectivity index (χ3n) is 4.37. The molecular weight excluding hydrogens is 302 g/mol. The molecule has 0 aromatic heterocycles. The molecule has 1 aromatic rings. The zero-order chi connectivity index (χ0) is 16.5. The van der Waals surface area contributed by atoms with Crippen LogP contribution in [0.5, 0.6) is 0 Å². The first-order chi connectivity index (χ1) is 10.2. The van der Waals surface area contributed by atoms with Crippen LogP contribution in [0.3, 0.4) is 0 Å². The molecule has 0 saturated carbocycles. The van der Waals surface area contributed by atoms with E-state index in [1.54, 1.807) is 13.0 Å². The summed E-state index contributed by atoms with van der Waals surface area (Å²) in [6.07, 6.45) is 0. The molecule has 1 aliphatic heterocycles. The van der Waals surface area contributed by atoms with Crippen LogP contribution in [0.4, 0.5) is 0 Å². The van der Waals surface area contributed by atoms with Gasteiger partial charge in [-0.15, -0.1) is 0 Å². The molecule has 1 aliphatic rings. The number of carbonyl (C=O) groups is 1. The Morgan fingerprint density at radius 3 is 2.41 bits per heavy atom. The standard InChI is InChI=1S/C15H23N3O3S/c1-11-4-5-12(2)14(10-11)22(20,21)18-8-6-17(7-9-18)13(3)15(16)19/h4-5,10,13H,6-9H2,1-3H3,(H2,16,19)/p+1/t13-/m0/s1. The summed E-state index contributed by atoms with van der Waals surface area (Å²) in [4.78, 5) is 12.7. The van der Waals surface area contributed by atoms with Gasteiger partial charge in [0.15, 0.2) is 6.04 Å². The molecule has 1 atom stereocenters. The summed E-state index contributed by atoms with van der Waals surface area (Å²) in [6.45, 7) is 7.47. The zero-order valence-corrected chi connectivity index (χ0v) is 14.1. The molecule has 0 spiro atoms. The predicted molar refractivity (Wildman–Crippen MR) is 84.0 cm³/mol. The van der Waals surface area contributed by atoms with Gasteiger partial charge in [-0.3, -0.25) is 4.79 Å². The quantitative estimate of drug-likeness (QED) is 0.749. The van der Waals surface area contributed by atoms with E-state index in [4.69, 9.17) is 5.73 Å². The lowest BCUT2D eigenvalue weighted by Crippen LogP contribution is -3.19. The number of piperazine rings is 1. The van der Waals surface area contributed by atoms with Crippen LogP contribution < -0.4 is 10.6 Å². The van der Waals surface area contributed by atoms with Crippen molar-refractivity contribution in [3.63, 3.8) is 0 Å². The molecule has 2 rings (SSSR count). The van der Waals surface area contributed by atoms with Gasteiger partial charge in [-0.05, 0) is 38.0 Å². The number of quaternary nitrogens is 1. The molecule has 22 heavy (non-hydrogen) atoms. The number of aryl methyl sites for hydroxylation is 2. The Morgan fingerprint density at radius 1 is 1.27 bits per heavy atom. The number of amides is 1. The second-order valence-corrected chi connectivity index (χ2v) is 7.86. The van der Waals surface area contributed by atoms with Crippen LogP contribution in [0.25, 0.3) is 0 Å². The van der Waals surface area contributed by atoms with Crippen molar-refractivity contribution in [1.29, 1.82) is 0 Å². The van der Waals surface area contributed by atoms with E-state index in [-0.39, 0.29) is 11.9 Å². The molecule has 1 saturated heterocycles. The van der Waals surface area contributed by atoms with E-state index >= 15 is 0 Å². The average Bonchev–Trinajstić information content (AvgIpc) is 2.48. The third-order valence-corrected chi connectivity index (χ3v) is 6.41. The smallest absolute Gasteiger partial charge is 0.275 e. The van der Waals surface area contributed by atoms with Crippen LogP contribution >= 0.6 is 0 Å². The fourth-order valence-electron chi connectivity index (χ4n) is 2.77. The van der Waals surface area contributed by atoms with E-state index in [2.05, 4.69) is 0 Å². The highest BCUT2D eigenvalue weighted by Gasteiger charge is 2.34. The number of primary amides is 1. The number of rotatable bonds is 4. The van der Waals surface area contributed by atoms with Crippen LogP contribution in [0, 0.1) is 13.8 Å². The summed E-state index contributed by atoms with van der Waals surface area (Å²) in [5.41, 5.74) is 7.01. The molecular formula is C15H24N3O3S+. The maximum absolute atomic E-state index is 12.8. The summed E-state index contributed by atoms with van der Waals surface area (Å²) in [5, 5.41) is 0. The largest absolute Gasteiger partial charge is 0.365 e. The van der Waals surface area contributed by atoms with Gasteiger partial charge < -0.3 is 10.6 Å². The van der Waals surface area contributed by atoms with Crippen molar-refractivity contribution in [3.05, 3.63) is 29.3 Å². The molecule has 0 radical (unpaired) electrons. The highest BCUT2D eigenvalue weighted by atomic mass is 32.2. The number of sulfonamides is 1. The second-order valence-electron chi connectivity index (χ2n) is 5.96. The Kier molecular flexibility index (Phi) is 4.89. The minimum absolute atomic E-state index is 0.287. The number of nitrogens with two attached hydrogens (primary N) is 1. The number of nitrogens with zero attached hydrogens (tertiary/aromatic N) is 1. The Labute approximate surface area is 131 Å². The lowest BCUT2D eigenvalue weighted by atomic mass is 10.2. The molecule has 1 heterocycles. The Bertz CT molecular complexity index is 665. The number of nitrogens with one attached hydrogen (secondary N) is 1. The van der Waals surface area contributed by atoms with Crippen molar-refractivity contribution < 1.29 is 18.1 Å². The topological polar surface area (TPSA) is 84.9 Å². The molecule has 6 nitrogen and oxygen atoms in total. The Hall–Kier alpha value is -1.44. The summed E-state index contributed by atoms with van der Waals surface area (Å²) >= 11 is 0. The maximum atomic E-state index is 12.8. The number of benzene rings is 1. The number of hydrogen-bond donors (Lipinski definition) is 2. The van der Waals surface area contributed by atoms with Gasteiger partial charge in [0.05, 0.1) is 31.1 Å². The summed E-state index contributed by atoms with van der Waals surface area (Å²) in [6, 6.07) is 5.17. The van der Waals surface area contributed by atoms with Crippen molar-refractivity contribution in [2.24, 2.45) is 5.73 Å². The summed E-state index contributed by atoms with van der Waals surface area (Å²) in [5.74, 6) is -0.346. The minimum Gasteiger partial charge on any atom is -0.365 e.